The van der Waals surface area contributed by atoms with Gasteiger partial charge in [0.15, 0.2) is 11.2 Å². The maximum Gasteiger partial charge on any atom is 0.223 e. The average molecular weight is 569 g/mol. The highest BCUT2D eigenvalue weighted by molar-refractivity contribution is 6.37. The van der Waals surface area contributed by atoms with E-state index in [9.17, 15) is 15.2 Å². The molecule has 0 bridgehead atoms. The summed E-state index contributed by atoms with van der Waals surface area (Å²) in [7, 11) is 0. The second-order valence-electron chi connectivity index (χ2n) is 11.0. The maximum absolute atomic E-state index is 15.2. The van der Waals surface area contributed by atoms with Gasteiger partial charge in [0.05, 0.1) is 47.5 Å². The third-order valence-corrected chi connectivity index (χ3v) is 8.27. The second kappa shape index (κ2) is 11.8. The summed E-state index contributed by atoms with van der Waals surface area (Å²) in [6.45, 7) is 8.58. The summed E-state index contributed by atoms with van der Waals surface area (Å²) in [5, 5.41) is 23.5. The van der Waals surface area contributed by atoms with Gasteiger partial charge in [-0.25, -0.2) is 14.4 Å². The largest absolute Gasteiger partial charge is 0.389 e. The molecule has 0 unspecified atom stereocenters. The Labute approximate surface area is 237 Å². The quantitative estimate of drug-likeness (QED) is 0.448. The van der Waals surface area contributed by atoms with Crippen molar-refractivity contribution >= 4 is 28.5 Å². The van der Waals surface area contributed by atoms with Crippen LogP contribution >= 0.6 is 11.6 Å². The average Bonchev–Trinajstić information content (AvgIpc) is 2.94. The van der Waals surface area contributed by atoms with Gasteiger partial charge in [-0.3, -0.25) is 9.69 Å². The summed E-state index contributed by atoms with van der Waals surface area (Å²) >= 11 is 7.03. The molecular weight excluding hydrogens is 535 g/mol. The second-order valence-corrected chi connectivity index (χ2v) is 11.3. The Morgan fingerprint density at radius 3 is 2.88 bits per heavy atom. The van der Waals surface area contributed by atoms with Crippen molar-refractivity contribution in [3.63, 3.8) is 0 Å². The van der Waals surface area contributed by atoms with E-state index in [1.54, 1.807) is 12.1 Å². The molecule has 2 aliphatic rings. The molecule has 5 rings (SSSR count). The molecule has 3 atom stereocenters. The van der Waals surface area contributed by atoms with Crippen molar-refractivity contribution in [1.29, 1.82) is 5.26 Å². The van der Waals surface area contributed by atoms with E-state index in [2.05, 4.69) is 30.8 Å². The molecule has 0 saturated carbocycles. The van der Waals surface area contributed by atoms with Gasteiger partial charge in [-0.2, -0.15) is 5.26 Å². The van der Waals surface area contributed by atoms with Gasteiger partial charge < -0.3 is 19.7 Å². The third-order valence-electron chi connectivity index (χ3n) is 7.88. The van der Waals surface area contributed by atoms with Crippen LogP contribution in [-0.4, -0.2) is 63.0 Å². The van der Waals surface area contributed by atoms with Crippen LogP contribution < -0.4 is 10.7 Å². The lowest BCUT2D eigenvalue weighted by molar-refractivity contribution is -0.0136. The third kappa shape index (κ3) is 5.44. The van der Waals surface area contributed by atoms with Crippen molar-refractivity contribution in [1.82, 2.24) is 19.4 Å². The summed E-state index contributed by atoms with van der Waals surface area (Å²) in [6.07, 6.45) is 2.71. The number of nitrogens with one attached hydrogen (secondary N) is 1. The minimum atomic E-state index is -0.736. The molecule has 2 aliphatic heterocycles. The standard InChI is InChI=1S/C29H34ClFN6O3/c1-16(2)37-23(14-36-9-4-5-18(11-32)13-36)17(3)28(39)20-7-6-19(25(30)27(20)37)26-21(31)12-33-29(35-26)34-22-8-10-40-15-24(22)38/h6-7,12,16,18,22,24,38H,4-5,8-10,13-15H2,1-3H3,(H,33,34,35)/t18-,22-,24-/m1/s1. The molecule has 9 nitrogen and oxygen atoms in total. The monoisotopic (exact) mass is 568 g/mol. The molecule has 4 heterocycles. The number of piperidine rings is 1. The van der Waals surface area contributed by atoms with Gasteiger partial charge >= 0.3 is 0 Å². The molecule has 11 heteroatoms. The van der Waals surface area contributed by atoms with Crippen molar-refractivity contribution in [3.8, 4) is 17.3 Å². The number of aliphatic hydroxyl groups excluding tert-OH is 1. The molecule has 2 fully saturated rings. The number of ether oxygens (including phenoxy) is 1. The van der Waals surface area contributed by atoms with Crippen LogP contribution in [0, 0.1) is 30.0 Å². The molecule has 40 heavy (non-hydrogen) atoms. The minimum Gasteiger partial charge on any atom is -0.389 e. The lowest BCUT2D eigenvalue weighted by Crippen LogP contribution is -2.42. The van der Waals surface area contributed by atoms with Crippen molar-refractivity contribution < 1.29 is 14.2 Å². The van der Waals surface area contributed by atoms with Gasteiger partial charge in [0, 0.05) is 47.9 Å². The Morgan fingerprint density at radius 1 is 1.35 bits per heavy atom. The smallest absolute Gasteiger partial charge is 0.223 e. The predicted molar refractivity (Wildman–Crippen MR) is 152 cm³/mol. The summed E-state index contributed by atoms with van der Waals surface area (Å²) in [4.78, 5) is 24.3. The highest BCUT2D eigenvalue weighted by Gasteiger charge is 2.27. The molecule has 0 spiro atoms. The number of benzene rings is 1. The zero-order valence-electron chi connectivity index (χ0n) is 23.0. The lowest BCUT2D eigenvalue weighted by atomic mass is 9.98. The molecule has 2 N–H and O–H groups in total. The highest BCUT2D eigenvalue weighted by atomic mass is 35.5. The number of fused-ring (bicyclic) bond motifs is 1. The first-order valence-electron chi connectivity index (χ1n) is 13.7. The summed E-state index contributed by atoms with van der Waals surface area (Å²) in [6, 6.07) is 5.30. The van der Waals surface area contributed by atoms with Crippen LogP contribution in [0.5, 0.6) is 0 Å². The van der Waals surface area contributed by atoms with Crippen LogP contribution in [0.1, 0.15) is 50.4 Å². The Bertz CT molecular complexity index is 1520. The molecule has 2 aromatic heterocycles. The van der Waals surface area contributed by atoms with Crippen LogP contribution in [0.4, 0.5) is 10.3 Å². The Hall–Kier alpha value is -3.10. The number of aromatic nitrogens is 3. The van der Waals surface area contributed by atoms with Crippen LogP contribution in [0.15, 0.2) is 23.1 Å². The molecule has 0 aliphatic carbocycles. The number of pyridine rings is 1. The van der Waals surface area contributed by atoms with E-state index in [0.29, 0.717) is 48.1 Å². The van der Waals surface area contributed by atoms with Gasteiger partial charge in [0.1, 0.15) is 5.69 Å². The Morgan fingerprint density at radius 2 is 2.15 bits per heavy atom. The SMILES string of the molecule is Cc1c(CN2CCC[C@H](C#N)C2)n(C(C)C)c2c(Cl)c(-c3nc(N[C@@H]4CCOC[C@H]4O)ncc3F)ccc2c1=O. The fourth-order valence-corrected chi connectivity index (χ4v) is 6.12. The minimum absolute atomic E-state index is 0.00345. The predicted octanol–water partition coefficient (Wildman–Crippen LogP) is 4.44. The Balaban J connectivity index is 1.61. The number of anilines is 1. The van der Waals surface area contributed by atoms with Gasteiger partial charge in [-0.15, -0.1) is 0 Å². The fourth-order valence-electron chi connectivity index (χ4n) is 5.78. The fraction of sp³-hybridized carbons (Fsp3) is 0.517. The van der Waals surface area contributed by atoms with Gasteiger partial charge in [-0.1, -0.05) is 17.7 Å². The summed E-state index contributed by atoms with van der Waals surface area (Å²) in [5.41, 5.74) is 2.23. The van der Waals surface area contributed by atoms with E-state index >= 15 is 4.39 Å². The topological polar surface area (TPSA) is 116 Å². The van der Waals surface area contributed by atoms with E-state index in [4.69, 9.17) is 16.3 Å². The number of hydrogen-bond donors (Lipinski definition) is 2. The van der Waals surface area contributed by atoms with Crippen LogP contribution in [0.25, 0.3) is 22.2 Å². The number of halogens is 2. The first-order chi connectivity index (χ1) is 19.2. The van der Waals surface area contributed by atoms with Gasteiger partial charge in [0.25, 0.3) is 0 Å². The van der Waals surface area contributed by atoms with Gasteiger partial charge in [-0.05, 0) is 52.6 Å². The maximum atomic E-state index is 15.2. The lowest BCUT2D eigenvalue weighted by Gasteiger charge is -2.32. The molecular formula is C29H34ClFN6O3. The highest BCUT2D eigenvalue weighted by Crippen LogP contribution is 2.37. The zero-order chi connectivity index (χ0) is 28.6. The molecule has 0 radical (unpaired) electrons. The number of aliphatic hydroxyl groups is 1. The normalized spacial score (nSPS) is 22.0. The van der Waals surface area contributed by atoms with Crippen molar-refractivity contribution in [2.24, 2.45) is 5.92 Å². The number of nitrogens with zero attached hydrogens (tertiary/aromatic N) is 5. The van der Waals surface area contributed by atoms with Crippen LogP contribution in [0.3, 0.4) is 0 Å². The van der Waals surface area contributed by atoms with E-state index in [1.807, 2.05) is 20.8 Å². The van der Waals surface area contributed by atoms with Gasteiger partial charge in [0.2, 0.25) is 5.95 Å². The van der Waals surface area contributed by atoms with Crippen molar-refractivity contribution in [3.05, 3.63) is 50.7 Å². The number of rotatable bonds is 6. The molecule has 0 amide bonds. The van der Waals surface area contributed by atoms with Crippen LogP contribution in [0.2, 0.25) is 5.02 Å². The molecule has 3 aromatic rings. The van der Waals surface area contributed by atoms with E-state index in [-0.39, 0.29) is 46.7 Å². The zero-order valence-corrected chi connectivity index (χ0v) is 23.7. The van der Waals surface area contributed by atoms with Crippen molar-refractivity contribution in [2.45, 2.75) is 64.8 Å². The molecule has 1 aromatic carbocycles. The number of hydrogen-bond acceptors (Lipinski definition) is 8. The van der Waals surface area contributed by atoms with E-state index < -0.39 is 11.9 Å². The summed E-state index contributed by atoms with van der Waals surface area (Å²) in [5.74, 6) is -0.516. The number of nitriles is 1. The molecule has 212 valence electrons. The van der Waals surface area contributed by atoms with Crippen molar-refractivity contribution in [2.75, 3.05) is 31.6 Å². The summed E-state index contributed by atoms with van der Waals surface area (Å²) < 4.78 is 22.5. The van der Waals surface area contributed by atoms with E-state index in [0.717, 1.165) is 31.3 Å². The van der Waals surface area contributed by atoms with Crippen LogP contribution in [-0.2, 0) is 11.3 Å². The Kier molecular flexibility index (Phi) is 8.38. The molecule has 2 saturated heterocycles. The number of likely N-dealkylation sites (tertiary alicyclic amines) is 1. The first-order valence-corrected chi connectivity index (χ1v) is 14.1. The van der Waals surface area contributed by atoms with E-state index in [1.165, 1.54) is 0 Å². The first kappa shape index (κ1) is 28.4.